The molecule has 1 fully saturated rings. The van der Waals surface area contributed by atoms with Crippen LogP contribution in [0.3, 0.4) is 0 Å². The number of benzene rings is 1. The van der Waals surface area contributed by atoms with E-state index in [1.54, 1.807) is 25.7 Å². The van der Waals surface area contributed by atoms with E-state index in [9.17, 15) is 14.4 Å². The van der Waals surface area contributed by atoms with E-state index in [2.05, 4.69) is 26.6 Å². The fourth-order valence-electron chi connectivity index (χ4n) is 3.27. The molecule has 1 heterocycles. The Labute approximate surface area is 187 Å². The maximum atomic E-state index is 12.3. The Balaban J connectivity index is 1.63. The third kappa shape index (κ3) is 8.73. The van der Waals surface area contributed by atoms with Crippen molar-refractivity contribution < 1.29 is 19.1 Å². The van der Waals surface area contributed by atoms with Gasteiger partial charge in [-0.25, -0.2) is 4.79 Å². The van der Waals surface area contributed by atoms with Gasteiger partial charge in [0.15, 0.2) is 0 Å². The second-order valence-electron chi connectivity index (χ2n) is 8.49. The number of hydrogen-bond acceptors (Lipinski definition) is 4. The molecule has 30 heavy (non-hydrogen) atoms. The van der Waals surface area contributed by atoms with E-state index in [0.717, 1.165) is 22.9 Å². The number of carbonyl (C=O) groups excluding carboxylic acids is 3. The summed E-state index contributed by atoms with van der Waals surface area (Å²) in [6.45, 7) is 6.85. The van der Waals surface area contributed by atoms with Crippen molar-refractivity contribution in [3.8, 4) is 0 Å². The van der Waals surface area contributed by atoms with Crippen LogP contribution < -0.4 is 10.6 Å². The number of halogens is 1. The molecule has 0 radical (unpaired) electrons. The first kappa shape index (κ1) is 24.2. The Hall–Kier alpha value is -2.09. The summed E-state index contributed by atoms with van der Waals surface area (Å²) in [5.41, 5.74) is 0.561. The van der Waals surface area contributed by atoms with Crippen LogP contribution in [0.4, 0.5) is 4.79 Å². The van der Waals surface area contributed by atoms with Crippen molar-refractivity contribution in [2.45, 2.75) is 64.5 Å². The van der Waals surface area contributed by atoms with E-state index in [4.69, 9.17) is 4.74 Å². The molecule has 0 aromatic heterocycles. The Morgan fingerprint density at radius 1 is 1.13 bits per heavy atom. The normalized spacial score (nSPS) is 14.9. The van der Waals surface area contributed by atoms with Crippen molar-refractivity contribution in [1.82, 2.24) is 15.5 Å². The summed E-state index contributed by atoms with van der Waals surface area (Å²) in [5, 5.41) is 5.69. The van der Waals surface area contributed by atoms with Crippen LogP contribution in [0.15, 0.2) is 28.7 Å². The number of carbonyl (C=O) groups is 3. The number of ether oxygens (including phenoxy) is 1. The lowest BCUT2D eigenvalue weighted by molar-refractivity contribution is -0.132. The number of likely N-dealkylation sites (tertiary alicyclic amines) is 1. The fourth-order valence-corrected chi connectivity index (χ4v) is 3.75. The van der Waals surface area contributed by atoms with Crippen LogP contribution in [0, 0.1) is 0 Å². The molecule has 1 aromatic carbocycles. The largest absolute Gasteiger partial charge is 0.444 e. The molecule has 0 spiro atoms. The minimum absolute atomic E-state index is 0.00441. The molecule has 3 amide bonds. The predicted octanol–water partition coefficient (Wildman–Crippen LogP) is 3.40. The van der Waals surface area contributed by atoms with Gasteiger partial charge in [0.1, 0.15) is 5.60 Å². The van der Waals surface area contributed by atoms with Crippen LogP contribution in [0.5, 0.6) is 0 Å². The molecule has 1 aromatic rings. The SMILES string of the molecule is CC(C)(C)OC(=O)NCCC(=O)N1CCC(NC(=O)CCc2ccccc2Br)CC1. The third-order valence-electron chi connectivity index (χ3n) is 4.80. The van der Waals surface area contributed by atoms with Gasteiger partial charge in [-0.1, -0.05) is 34.1 Å². The van der Waals surface area contributed by atoms with Gasteiger partial charge in [-0.15, -0.1) is 0 Å². The molecule has 2 rings (SSSR count). The van der Waals surface area contributed by atoms with Gasteiger partial charge in [-0.3, -0.25) is 9.59 Å². The van der Waals surface area contributed by atoms with Crippen molar-refractivity contribution in [3.63, 3.8) is 0 Å². The van der Waals surface area contributed by atoms with Crippen LogP contribution in [0.2, 0.25) is 0 Å². The van der Waals surface area contributed by atoms with E-state index in [-0.39, 0.29) is 30.8 Å². The lowest BCUT2D eigenvalue weighted by Gasteiger charge is -2.32. The minimum Gasteiger partial charge on any atom is -0.444 e. The lowest BCUT2D eigenvalue weighted by atomic mass is 10.0. The lowest BCUT2D eigenvalue weighted by Crippen LogP contribution is -2.47. The molecule has 7 nitrogen and oxygen atoms in total. The summed E-state index contributed by atoms with van der Waals surface area (Å²) in [6.07, 6.45) is 2.34. The highest BCUT2D eigenvalue weighted by Gasteiger charge is 2.24. The maximum Gasteiger partial charge on any atom is 0.407 e. The quantitative estimate of drug-likeness (QED) is 0.624. The van der Waals surface area contributed by atoms with Crippen molar-refractivity contribution in [3.05, 3.63) is 34.3 Å². The Kier molecular flexibility index (Phi) is 9.14. The summed E-state index contributed by atoms with van der Waals surface area (Å²) in [5.74, 6) is 0.0434. The Morgan fingerprint density at radius 3 is 2.43 bits per heavy atom. The van der Waals surface area contributed by atoms with E-state index < -0.39 is 11.7 Å². The van der Waals surface area contributed by atoms with Gasteiger partial charge in [0.2, 0.25) is 11.8 Å². The second-order valence-corrected chi connectivity index (χ2v) is 9.35. The van der Waals surface area contributed by atoms with E-state index in [1.807, 2.05) is 24.3 Å². The zero-order valence-corrected chi connectivity index (χ0v) is 19.6. The summed E-state index contributed by atoms with van der Waals surface area (Å²) >= 11 is 3.50. The number of nitrogens with zero attached hydrogens (tertiary/aromatic N) is 1. The summed E-state index contributed by atoms with van der Waals surface area (Å²) < 4.78 is 6.17. The molecule has 1 aliphatic rings. The van der Waals surface area contributed by atoms with Crippen molar-refractivity contribution in [2.75, 3.05) is 19.6 Å². The first-order chi connectivity index (χ1) is 14.1. The van der Waals surface area contributed by atoms with Gasteiger partial charge in [0.05, 0.1) is 0 Å². The number of hydrogen-bond donors (Lipinski definition) is 2. The van der Waals surface area contributed by atoms with E-state index in [0.29, 0.717) is 25.9 Å². The monoisotopic (exact) mass is 481 g/mol. The average Bonchev–Trinajstić information content (AvgIpc) is 2.66. The molecular formula is C22H32BrN3O4. The van der Waals surface area contributed by atoms with Crippen molar-refractivity contribution >= 4 is 33.8 Å². The van der Waals surface area contributed by atoms with Crippen molar-refractivity contribution in [2.24, 2.45) is 0 Å². The van der Waals surface area contributed by atoms with E-state index >= 15 is 0 Å². The minimum atomic E-state index is -0.558. The van der Waals surface area contributed by atoms with Gasteiger partial charge in [-0.2, -0.15) is 0 Å². The molecule has 0 aliphatic carbocycles. The van der Waals surface area contributed by atoms with Crippen molar-refractivity contribution in [1.29, 1.82) is 0 Å². The number of alkyl carbamates (subject to hydrolysis) is 1. The zero-order chi connectivity index (χ0) is 22.1. The third-order valence-corrected chi connectivity index (χ3v) is 5.57. The topological polar surface area (TPSA) is 87.7 Å². The molecule has 8 heteroatoms. The van der Waals surface area contributed by atoms with Crippen LogP contribution in [0.1, 0.15) is 52.0 Å². The van der Waals surface area contributed by atoms with Gasteiger partial charge in [0.25, 0.3) is 0 Å². The number of aryl methyl sites for hydroxylation is 1. The first-order valence-corrected chi connectivity index (χ1v) is 11.2. The molecule has 0 atom stereocenters. The highest BCUT2D eigenvalue weighted by molar-refractivity contribution is 9.10. The summed E-state index contributed by atoms with van der Waals surface area (Å²) in [4.78, 5) is 38.0. The summed E-state index contributed by atoms with van der Waals surface area (Å²) in [7, 11) is 0. The molecule has 0 unspecified atom stereocenters. The highest BCUT2D eigenvalue weighted by Crippen LogP contribution is 2.18. The molecule has 0 saturated carbocycles. The van der Waals surface area contributed by atoms with Gasteiger partial charge < -0.3 is 20.3 Å². The second kappa shape index (κ2) is 11.3. The molecule has 1 saturated heterocycles. The Morgan fingerprint density at radius 2 is 1.80 bits per heavy atom. The zero-order valence-electron chi connectivity index (χ0n) is 18.0. The van der Waals surface area contributed by atoms with Gasteiger partial charge in [-0.05, 0) is 51.7 Å². The standard InChI is InChI=1S/C22H32BrN3O4/c1-22(2,3)30-21(29)24-13-10-20(28)26-14-11-17(12-15-26)25-19(27)9-8-16-6-4-5-7-18(16)23/h4-7,17H,8-15H2,1-3H3,(H,24,29)(H,25,27). The fraction of sp³-hybridized carbons (Fsp3) is 0.591. The Bertz CT molecular complexity index is 740. The van der Waals surface area contributed by atoms with Gasteiger partial charge >= 0.3 is 6.09 Å². The number of nitrogens with one attached hydrogen (secondary N) is 2. The number of amides is 3. The molecule has 166 valence electrons. The molecule has 1 aliphatic heterocycles. The maximum absolute atomic E-state index is 12.3. The number of piperidine rings is 1. The van der Waals surface area contributed by atoms with E-state index in [1.165, 1.54) is 0 Å². The molecular weight excluding hydrogens is 450 g/mol. The van der Waals surface area contributed by atoms with Crippen LogP contribution >= 0.6 is 15.9 Å². The molecule has 0 bridgehead atoms. The van der Waals surface area contributed by atoms with Crippen LogP contribution in [-0.4, -0.2) is 54.1 Å². The first-order valence-electron chi connectivity index (χ1n) is 10.4. The smallest absolute Gasteiger partial charge is 0.407 e. The average molecular weight is 482 g/mol. The summed E-state index contributed by atoms with van der Waals surface area (Å²) in [6, 6.07) is 8.01. The predicted molar refractivity (Wildman–Crippen MR) is 119 cm³/mol. The molecule has 2 N–H and O–H groups in total. The van der Waals surface area contributed by atoms with Crippen LogP contribution in [0.25, 0.3) is 0 Å². The number of rotatable bonds is 7. The van der Waals surface area contributed by atoms with Gasteiger partial charge in [0, 0.05) is 43.0 Å². The van der Waals surface area contributed by atoms with Crippen LogP contribution in [-0.2, 0) is 20.7 Å². The highest BCUT2D eigenvalue weighted by atomic mass is 79.9.